The lowest BCUT2D eigenvalue weighted by atomic mass is 9.89. The molecule has 0 spiro atoms. The highest BCUT2D eigenvalue weighted by atomic mass is 32.2. The summed E-state index contributed by atoms with van der Waals surface area (Å²) in [6.45, 7) is 0. The van der Waals surface area contributed by atoms with Gasteiger partial charge in [-0.05, 0) is 18.4 Å². The monoisotopic (exact) mass is 239 g/mol. The molecule has 88 valence electrons. The van der Waals surface area contributed by atoms with E-state index in [9.17, 15) is 8.42 Å². The first kappa shape index (κ1) is 11.6. The predicted molar refractivity (Wildman–Crippen MR) is 64.6 cm³/mol. The molecule has 0 unspecified atom stereocenters. The molecule has 1 fully saturated rings. The molecule has 2 rings (SSSR count). The highest BCUT2D eigenvalue weighted by Crippen LogP contribution is 2.38. The molecule has 1 aliphatic carbocycles. The first-order chi connectivity index (χ1) is 7.52. The molecule has 1 aromatic rings. The van der Waals surface area contributed by atoms with Gasteiger partial charge in [0.05, 0.1) is 11.8 Å². The fourth-order valence-corrected chi connectivity index (χ4v) is 3.57. The fourth-order valence-electron chi connectivity index (χ4n) is 2.54. The van der Waals surface area contributed by atoms with Gasteiger partial charge in [-0.15, -0.1) is 0 Å². The van der Waals surface area contributed by atoms with Gasteiger partial charge in [-0.2, -0.15) is 0 Å². The Balaban J connectivity index is 2.37. The average molecular weight is 239 g/mol. The molecule has 0 aromatic heterocycles. The van der Waals surface area contributed by atoms with Crippen LogP contribution in [0.2, 0.25) is 0 Å². The minimum absolute atomic E-state index is 0.366. The number of hydrogen-bond acceptors (Lipinski definition) is 2. The van der Waals surface area contributed by atoms with E-state index in [-0.39, 0.29) is 5.54 Å². The van der Waals surface area contributed by atoms with Crippen molar-refractivity contribution in [2.45, 2.75) is 31.2 Å². The Kier molecular flexibility index (Phi) is 3.04. The van der Waals surface area contributed by atoms with Crippen LogP contribution in [0.15, 0.2) is 30.3 Å². The van der Waals surface area contributed by atoms with Crippen LogP contribution >= 0.6 is 0 Å². The fraction of sp³-hybridized carbons (Fsp3) is 0.500. The van der Waals surface area contributed by atoms with E-state index in [1.165, 1.54) is 6.26 Å². The van der Waals surface area contributed by atoms with Gasteiger partial charge < -0.3 is 0 Å². The van der Waals surface area contributed by atoms with Crippen LogP contribution in [0.5, 0.6) is 0 Å². The van der Waals surface area contributed by atoms with E-state index in [4.69, 9.17) is 0 Å². The summed E-state index contributed by atoms with van der Waals surface area (Å²) in [4.78, 5) is 0. The van der Waals surface area contributed by atoms with Gasteiger partial charge in [0, 0.05) is 0 Å². The zero-order chi connectivity index (χ0) is 11.6. The third kappa shape index (κ3) is 2.44. The molecule has 1 aliphatic rings. The van der Waals surface area contributed by atoms with E-state index in [0.717, 1.165) is 31.2 Å². The van der Waals surface area contributed by atoms with Crippen molar-refractivity contribution in [3.05, 3.63) is 35.9 Å². The second-order valence-electron chi connectivity index (χ2n) is 4.53. The number of hydrogen-bond donors (Lipinski definition) is 1. The van der Waals surface area contributed by atoms with Crippen molar-refractivity contribution in [2.75, 3.05) is 6.26 Å². The smallest absolute Gasteiger partial charge is 0.209 e. The van der Waals surface area contributed by atoms with E-state index >= 15 is 0 Å². The summed E-state index contributed by atoms with van der Waals surface area (Å²) in [5, 5.41) is 0. The van der Waals surface area contributed by atoms with E-state index in [1.807, 2.05) is 30.3 Å². The predicted octanol–water partition coefficient (Wildman–Crippen LogP) is 2.01. The Labute approximate surface area is 96.9 Å². The Morgan fingerprint density at radius 3 is 2.19 bits per heavy atom. The largest absolute Gasteiger partial charge is 0.213 e. The molecule has 0 radical (unpaired) electrons. The Morgan fingerprint density at radius 1 is 1.12 bits per heavy atom. The Morgan fingerprint density at radius 2 is 1.69 bits per heavy atom. The molecule has 0 bridgehead atoms. The Hall–Kier alpha value is -0.870. The molecule has 16 heavy (non-hydrogen) atoms. The van der Waals surface area contributed by atoms with E-state index in [2.05, 4.69) is 4.72 Å². The van der Waals surface area contributed by atoms with Gasteiger partial charge in [-0.3, -0.25) is 0 Å². The van der Waals surface area contributed by atoms with Crippen LogP contribution in [0.1, 0.15) is 31.2 Å². The van der Waals surface area contributed by atoms with Crippen molar-refractivity contribution in [1.82, 2.24) is 4.72 Å². The van der Waals surface area contributed by atoms with Gasteiger partial charge >= 0.3 is 0 Å². The summed E-state index contributed by atoms with van der Waals surface area (Å²) < 4.78 is 25.7. The second kappa shape index (κ2) is 4.18. The molecular formula is C12H17NO2S. The van der Waals surface area contributed by atoms with Crippen LogP contribution in [-0.4, -0.2) is 14.7 Å². The van der Waals surface area contributed by atoms with Gasteiger partial charge in [0.15, 0.2) is 0 Å². The second-order valence-corrected chi connectivity index (χ2v) is 6.28. The highest BCUT2D eigenvalue weighted by Gasteiger charge is 2.37. The number of rotatable bonds is 3. The molecule has 0 saturated heterocycles. The summed E-state index contributed by atoms with van der Waals surface area (Å²) in [6.07, 6.45) is 5.18. The molecule has 0 heterocycles. The summed E-state index contributed by atoms with van der Waals surface area (Å²) >= 11 is 0. The lowest BCUT2D eigenvalue weighted by Crippen LogP contribution is -2.43. The standard InChI is InChI=1S/C12H17NO2S/c1-16(14,15)13-12(9-5-6-10-12)11-7-3-2-4-8-11/h2-4,7-8,13H,5-6,9-10H2,1H3. The highest BCUT2D eigenvalue weighted by molar-refractivity contribution is 7.88. The maximum Gasteiger partial charge on any atom is 0.209 e. The first-order valence-electron chi connectivity index (χ1n) is 5.56. The zero-order valence-corrected chi connectivity index (χ0v) is 10.3. The van der Waals surface area contributed by atoms with Gasteiger partial charge in [0.25, 0.3) is 0 Å². The summed E-state index contributed by atoms with van der Waals surface area (Å²) in [6, 6.07) is 9.87. The van der Waals surface area contributed by atoms with Gasteiger partial charge in [-0.1, -0.05) is 43.2 Å². The minimum Gasteiger partial charge on any atom is -0.213 e. The van der Waals surface area contributed by atoms with Crippen molar-refractivity contribution >= 4 is 10.0 Å². The summed E-state index contributed by atoms with van der Waals surface area (Å²) in [5.74, 6) is 0. The van der Waals surface area contributed by atoms with Gasteiger partial charge in [0.2, 0.25) is 10.0 Å². The van der Waals surface area contributed by atoms with E-state index < -0.39 is 10.0 Å². The first-order valence-corrected chi connectivity index (χ1v) is 7.45. The van der Waals surface area contributed by atoms with Crippen LogP contribution in [-0.2, 0) is 15.6 Å². The molecule has 4 heteroatoms. The van der Waals surface area contributed by atoms with Crippen LogP contribution < -0.4 is 4.72 Å². The minimum atomic E-state index is -3.16. The topological polar surface area (TPSA) is 46.2 Å². The lowest BCUT2D eigenvalue weighted by molar-refractivity contribution is 0.406. The molecular weight excluding hydrogens is 222 g/mol. The van der Waals surface area contributed by atoms with Crippen LogP contribution in [0, 0.1) is 0 Å². The summed E-state index contributed by atoms with van der Waals surface area (Å²) in [7, 11) is -3.16. The van der Waals surface area contributed by atoms with Crippen molar-refractivity contribution in [2.24, 2.45) is 0 Å². The lowest BCUT2D eigenvalue weighted by Gasteiger charge is -2.29. The quantitative estimate of drug-likeness (QED) is 0.877. The van der Waals surface area contributed by atoms with Crippen LogP contribution in [0.4, 0.5) is 0 Å². The van der Waals surface area contributed by atoms with E-state index in [1.54, 1.807) is 0 Å². The molecule has 1 N–H and O–H groups in total. The third-order valence-corrected chi connectivity index (χ3v) is 3.93. The van der Waals surface area contributed by atoms with Crippen molar-refractivity contribution in [3.63, 3.8) is 0 Å². The van der Waals surface area contributed by atoms with Crippen LogP contribution in [0.25, 0.3) is 0 Å². The van der Waals surface area contributed by atoms with Gasteiger partial charge in [-0.25, -0.2) is 13.1 Å². The van der Waals surface area contributed by atoms with Crippen molar-refractivity contribution < 1.29 is 8.42 Å². The normalized spacial score (nSPS) is 19.8. The third-order valence-electron chi connectivity index (χ3n) is 3.16. The molecule has 3 nitrogen and oxygen atoms in total. The molecule has 1 saturated carbocycles. The number of nitrogens with one attached hydrogen (secondary N) is 1. The summed E-state index contributed by atoms with van der Waals surface area (Å²) in [5.41, 5.74) is 0.715. The van der Waals surface area contributed by atoms with Crippen LogP contribution in [0.3, 0.4) is 0 Å². The molecule has 0 aliphatic heterocycles. The zero-order valence-electron chi connectivity index (χ0n) is 9.44. The molecule has 0 amide bonds. The maximum absolute atomic E-state index is 11.5. The van der Waals surface area contributed by atoms with Crippen molar-refractivity contribution in [1.29, 1.82) is 0 Å². The average Bonchev–Trinajstić information content (AvgIpc) is 2.66. The van der Waals surface area contributed by atoms with Gasteiger partial charge in [0.1, 0.15) is 0 Å². The number of sulfonamides is 1. The number of benzene rings is 1. The van der Waals surface area contributed by atoms with E-state index in [0.29, 0.717) is 0 Å². The molecule has 1 aromatic carbocycles. The van der Waals surface area contributed by atoms with Crippen molar-refractivity contribution in [3.8, 4) is 0 Å². The Bertz CT molecular complexity index is 447. The maximum atomic E-state index is 11.5. The SMILES string of the molecule is CS(=O)(=O)NC1(c2ccccc2)CCCC1. The molecule has 0 atom stereocenters.